The van der Waals surface area contributed by atoms with Crippen LogP contribution < -0.4 is 14.8 Å². The van der Waals surface area contributed by atoms with Crippen LogP contribution in [-0.4, -0.2) is 37.7 Å². The molecular formula is C18H19ClN2O5S. The Balaban J connectivity index is 2.00. The number of aromatic nitrogens is 1. The molecule has 0 radical (unpaired) electrons. The minimum Gasteiger partial charge on any atom is -0.493 e. The number of halogens is 1. The number of nitrogens with one attached hydrogen (secondary N) is 1. The molecule has 0 atom stereocenters. The van der Waals surface area contributed by atoms with Gasteiger partial charge >= 0.3 is 5.97 Å². The van der Waals surface area contributed by atoms with Gasteiger partial charge in [-0.05, 0) is 30.7 Å². The summed E-state index contributed by atoms with van der Waals surface area (Å²) in [5.41, 5.74) is 1.22. The number of hydrogen-bond donors (Lipinski definition) is 1. The number of carbonyl (C=O) groups is 2. The first kappa shape index (κ1) is 20.7. The fourth-order valence-corrected chi connectivity index (χ4v) is 3.17. The van der Waals surface area contributed by atoms with Crippen LogP contribution in [0.2, 0.25) is 5.02 Å². The number of carbonyl (C=O) groups excluding carboxylic acids is 2. The molecule has 0 aliphatic rings. The van der Waals surface area contributed by atoms with E-state index in [0.29, 0.717) is 39.5 Å². The quantitative estimate of drug-likeness (QED) is 0.528. The van der Waals surface area contributed by atoms with Crippen molar-refractivity contribution in [1.82, 2.24) is 4.98 Å². The molecule has 9 heteroatoms. The average Bonchev–Trinajstić information content (AvgIpc) is 3.06. The van der Waals surface area contributed by atoms with Crippen molar-refractivity contribution < 1.29 is 23.8 Å². The molecule has 144 valence electrons. The van der Waals surface area contributed by atoms with Crippen LogP contribution in [0.3, 0.4) is 0 Å². The summed E-state index contributed by atoms with van der Waals surface area (Å²) in [4.78, 5) is 27.7. The predicted octanol–water partition coefficient (Wildman–Crippen LogP) is 3.57. The number of esters is 1. The zero-order valence-corrected chi connectivity index (χ0v) is 16.6. The van der Waals surface area contributed by atoms with Crippen LogP contribution in [-0.2, 0) is 20.7 Å². The second kappa shape index (κ2) is 9.94. The standard InChI is InChI=1S/C18H19ClN2O5S/c1-4-26-16(23)9-12-10-27-18(20-12)21-15(22)6-5-11-7-13(19)17(25-3)14(8-11)24-2/h5-8,10H,4,9H2,1-3H3,(H,20,21,22)/b6-5+. The fourth-order valence-electron chi connectivity index (χ4n) is 2.16. The van der Waals surface area contributed by atoms with Crippen LogP contribution in [0.25, 0.3) is 6.08 Å². The van der Waals surface area contributed by atoms with Gasteiger partial charge in [-0.15, -0.1) is 11.3 Å². The van der Waals surface area contributed by atoms with Gasteiger partial charge in [-0.1, -0.05) is 11.6 Å². The number of ether oxygens (including phenoxy) is 3. The van der Waals surface area contributed by atoms with Gasteiger partial charge in [-0.2, -0.15) is 0 Å². The van der Waals surface area contributed by atoms with Crippen LogP contribution in [0.4, 0.5) is 5.13 Å². The van der Waals surface area contributed by atoms with Gasteiger partial charge in [0.2, 0.25) is 5.91 Å². The molecule has 0 spiro atoms. The highest BCUT2D eigenvalue weighted by molar-refractivity contribution is 7.14. The number of benzene rings is 1. The van der Waals surface area contributed by atoms with Gasteiger partial charge in [-0.3, -0.25) is 14.9 Å². The van der Waals surface area contributed by atoms with Gasteiger partial charge in [0, 0.05) is 11.5 Å². The van der Waals surface area contributed by atoms with Gasteiger partial charge in [-0.25, -0.2) is 4.98 Å². The highest BCUT2D eigenvalue weighted by Gasteiger charge is 2.11. The number of hydrogen-bond acceptors (Lipinski definition) is 7. The Morgan fingerprint density at radius 3 is 2.74 bits per heavy atom. The third kappa shape index (κ3) is 5.97. The van der Waals surface area contributed by atoms with Crippen LogP contribution in [0.5, 0.6) is 11.5 Å². The van der Waals surface area contributed by atoms with Crippen molar-refractivity contribution >= 4 is 46.0 Å². The maximum Gasteiger partial charge on any atom is 0.311 e. The van der Waals surface area contributed by atoms with Crippen molar-refractivity contribution in [3.8, 4) is 11.5 Å². The largest absolute Gasteiger partial charge is 0.493 e. The molecular weight excluding hydrogens is 392 g/mol. The summed E-state index contributed by atoms with van der Waals surface area (Å²) in [5, 5.41) is 5.12. The van der Waals surface area contributed by atoms with E-state index in [1.807, 2.05) is 0 Å². The smallest absolute Gasteiger partial charge is 0.311 e. The second-order valence-corrected chi connectivity index (χ2v) is 6.45. The normalized spacial score (nSPS) is 10.7. The maximum absolute atomic E-state index is 12.1. The molecule has 0 bridgehead atoms. The molecule has 0 unspecified atom stereocenters. The number of amides is 1. The van der Waals surface area contributed by atoms with Crippen LogP contribution in [0, 0.1) is 0 Å². The highest BCUT2D eigenvalue weighted by atomic mass is 35.5. The number of anilines is 1. The van der Waals surface area contributed by atoms with E-state index in [4.69, 9.17) is 25.8 Å². The first-order valence-electron chi connectivity index (χ1n) is 7.97. The lowest BCUT2D eigenvalue weighted by Crippen LogP contribution is -2.09. The van der Waals surface area contributed by atoms with Crippen molar-refractivity contribution in [2.45, 2.75) is 13.3 Å². The number of rotatable bonds is 8. The Bertz CT molecular complexity index is 850. The molecule has 0 aliphatic carbocycles. The molecule has 0 fully saturated rings. The molecule has 1 aromatic carbocycles. The summed E-state index contributed by atoms with van der Waals surface area (Å²) < 4.78 is 15.3. The summed E-state index contributed by atoms with van der Waals surface area (Å²) in [6.45, 7) is 2.06. The predicted molar refractivity (Wildman–Crippen MR) is 105 cm³/mol. The van der Waals surface area contributed by atoms with Gasteiger partial charge in [0.05, 0.1) is 38.0 Å². The Hall–Kier alpha value is -2.58. The van der Waals surface area contributed by atoms with E-state index in [0.717, 1.165) is 0 Å². The van der Waals surface area contributed by atoms with E-state index in [2.05, 4.69) is 10.3 Å². The van der Waals surface area contributed by atoms with Crippen molar-refractivity contribution in [1.29, 1.82) is 0 Å². The lowest BCUT2D eigenvalue weighted by atomic mass is 10.2. The average molecular weight is 411 g/mol. The topological polar surface area (TPSA) is 86.8 Å². The first-order valence-corrected chi connectivity index (χ1v) is 9.23. The van der Waals surface area contributed by atoms with Crippen LogP contribution in [0.15, 0.2) is 23.6 Å². The molecule has 0 aliphatic heterocycles. The van der Waals surface area contributed by atoms with Crippen molar-refractivity contribution in [2.75, 3.05) is 26.1 Å². The molecule has 0 saturated heterocycles. The summed E-state index contributed by atoms with van der Waals surface area (Å²) in [7, 11) is 3.00. The summed E-state index contributed by atoms with van der Waals surface area (Å²) in [6, 6.07) is 3.36. The van der Waals surface area contributed by atoms with E-state index in [1.165, 1.54) is 31.6 Å². The minimum atomic E-state index is -0.363. The Kier molecular flexibility index (Phi) is 7.63. The van der Waals surface area contributed by atoms with Gasteiger partial charge in [0.15, 0.2) is 16.6 Å². The van der Waals surface area contributed by atoms with E-state index >= 15 is 0 Å². The molecule has 1 aromatic heterocycles. The number of thiazole rings is 1. The minimum absolute atomic E-state index is 0.0696. The van der Waals surface area contributed by atoms with E-state index in [-0.39, 0.29) is 18.3 Å². The third-order valence-electron chi connectivity index (χ3n) is 3.30. The fraction of sp³-hybridized carbons (Fsp3) is 0.278. The number of methoxy groups -OCH3 is 2. The van der Waals surface area contributed by atoms with Crippen molar-refractivity contribution in [3.05, 3.63) is 39.9 Å². The Labute approximate surface area is 165 Å². The van der Waals surface area contributed by atoms with E-state index in [9.17, 15) is 9.59 Å². The molecule has 2 rings (SSSR count). The van der Waals surface area contributed by atoms with E-state index in [1.54, 1.807) is 30.5 Å². The van der Waals surface area contributed by atoms with Gasteiger partial charge < -0.3 is 14.2 Å². The zero-order valence-electron chi connectivity index (χ0n) is 15.1. The molecule has 1 amide bonds. The molecule has 1 heterocycles. The lowest BCUT2D eigenvalue weighted by Gasteiger charge is -2.10. The van der Waals surface area contributed by atoms with Crippen molar-refractivity contribution in [2.24, 2.45) is 0 Å². The monoisotopic (exact) mass is 410 g/mol. The Morgan fingerprint density at radius 1 is 1.30 bits per heavy atom. The molecule has 27 heavy (non-hydrogen) atoms. The van der Waals surface area contributed by atoms with E-state index < -0.39 is 0 Å². The summed E-state index contributed by atoms with van der Waals surface area (Å²) in [5.74, 6) is 0.176. The summed E-state index contributed by atoms with van der Waals surface area (Å²) >= 11 is 7.37. The van der Waals surface area contributed by atoms with Gasteiger partial charge in [0.25, 0.3) is 0 Å². The first-order chi connectivity index (χ1) is 13.0. The van der Waals surface area contributed by atoms with Crippen LogP contribution >= 0.6 is 22.9 Å². The maximum atomic E-state index is 12.1. The third-order valence-corrected chi connectivity index (χ3v) is 4.38. The number of nitrogens with zero attached hydrogens (tertiary/aromatic N) is 1. The SMILES string of the molecule is CCOC(=O)Cc1csc(NC(=O)/C=C/c2cc(Cl)c(OC)c(OC)c2)n1. The molecule has 2 aromatic rings. The van der Waals surface area contributed by atoms with Crippen LogP contribution in [0.1, 0.15) is 18.2 Å². The zero-order chi connectivity index (χ0) is 19.8. The lowest BCUT2D eigenvalue weighted by molar-refractivity contribution is -0.142. The Morgan fingerprint density at radius 2 is 2.07 bits per heavy atom. The second-order valence-electron chi connectivity index (χ2n) is 5.19. The summed E-state index contributed by atoms with van der Waals surface area (Å²) in [6.07, 6.45) is 3.01. The molecule has 1 N–H and O–H groups in total. The molecule has 7 nitrogen and oxygen atoms in total. The van der Waals surface area contributed by atoms with Crippen molar-refractivity contribution in [3.63, 3.8) is 0 Å². The van der Waals surface area contributed by atoms with Gasteiger partial charge in [0.1, 0.15) is 0 Å². The molecule has 0 saturated carbocycles. The highest BCUT2D eigenvalue weighted by Crippen LogP contribution is 2.36.